The summed E-state index contributed by atoms with van der Waals surface area (Å²) < 4.78 is 13.2. The molecule has 0 radical (unpaired) electrons. The van der Waals surface area contributed by atoms with Gasteiger partial charge in [-0.3, -0.25) is 5.10 Å². The fourth-order valence-corrected chi connectivity index (χ4v) is 4.43. The number of nitrogens with one attached hydrogen (secondary N) is 2. The molecule has 34 heavy (non-hydrogen) atoms. The molecule has 1 saturated heterocycles. The van der Waals surface area contributed by atoms with Crippen molar-refractivity contribution in [1.29, 1.82) is 0 Å². The monoisotopic (exact) mass is 455 g/mol. The minimum Gasteiger partial charge on any atom is -0.495 e. The zero-order chi connectivity index (χ0) is 23.1. The van der Waals surface area contributed by atoms with Crippen molar-refractivity contribution in [3.05, 3.63) is 60.7 Å². The van der Waals surface area contributed by atoms with Crippen LogP contribution in [0.4, 0.5) is 17.2 Å². The number of fused-ring (bicyclic) bond motifs is 2. The van der Waals surface area contributed by atoms with E-state index in [0.29, 0.717) is 5.82 Å². The molecule has 0 amide bonds. The Morgan fingerprint density at radius 1 is 1.12 bits per heavy atom. The van der Waals surface area contributed by atoms with Gasteiger partial charge in [-0.25, -0.2) is 9.97 Å². The smallest absolute Gasteiger partial charge is 0.180 e. The lowest BCUT2D eigenvalue weighted by atomic mass is 10.1. The maximum absolute atomic E-state index is 5.71. The number of rotatable bonds is 5. The molecule has 6 rings (SSSR count). The van der Waals surface area contributed by atoms with Gasteiger partial charge in [-0.2, -0.15) is 5.10 Å². The molecule has 1 aliphatic heterocycles. The van der Waals surface area contributed by atoms with Gasteiger partial charge in [0.05, 0.1) is 42.9 Å². The van der Waals surface area contributed by atoms with Crippen molar-refractivity contribution in [2.45, 2.75) is 6.92 Å². The summed E-state index contributed by atoms with van der Waals surface area (Å²) in [7, 11) is 1.70. The van der Waals surface area contributed by atoms with E-state index < -0.39 is 0 Å². The average Bonchev–Trinajstić information content (AvgIpc) is 3.51. The Bertz CT molecular complexity index is 1480. The molecule has 3 aromatic heterocycles. The SMILES string of the molecule is COc1cc(Nc2nc(-c3ccc4c(C)n[nH]c4c3)cn3ccnc23)ccc1N1CCOCC1. The van der Waals surface area contributed by atoms with Crippen LogP contribution in [0.15, 0.2) is 55.0 Å². The fraction of sp³-hybridized carbons (Fsp3) is 0.240. The van der Waals surface area contributed by atoms with E-state index in [-0.39, 0.29) is 0 Å². The second kappa shape index (κ2) is 8.35. The zero-order valence-electron chi connectivity index (χ0n) is 19.1. The topological polar surface area (TPSA) is 92.6 Å². The Morgan fingerprint density at radius 2 is 2.00 bits per heavy atom. The molecule has 0 aliphatic carbocycles. The number of aromatic amines is 1. The lowest BCUT2D eigenvalue weighted by Crippen LogP contribution is -2.36. The van der Waals surface area contributed by atoms with Crippen LogP contribution >= 0.6 is 0 Å². The predicted molar refractivity (Wildman–Crippen MR) is 132 cm³/mol. The highest BCUT2D eigenvalue weighted by atomic mass is 16.5. The van der Waals surface area contributed by atoms with Crippen molar-refractivity contribution >= 4 is 33.7 Å². The number of morpholine rings is 1. The zero-order valence-corrected chi connectivity index (χ0v) is 19.1. The van der Waals surface area contributed by atoms with E-state index >= 15 is 0 Å². The molecule has 0 atom stereocenters. The first-order chi connectivity index (χ1) is 16.7. The Hall–Kier alpha value is -4.11. The maximum atomic E-state index is 5.71. The van der Waals surface area contributed by atoms with Gasteiger partial charge in [0.25, 0.3) is 0 Å². The van der Waals surface area contributed by atoms with E-state index in [2.05, 4.69) is 49.7 Å². The summed E-state index contributed by atoms with van der Waals surface area (Å²) in [5, 5.41) is 12.0. The Morgan fingerprint density at radius 3 is 2.85 bits per heavy atom. The van der Waals surface area contributed by atoms with Crippen LogP contribution in [0.25, 0.3) is 27.8 Å². The molecule has 1 aliphatic rings. The number of aryl methyl sites for hydroxylation is 1. The molecule has 1 fully saturated rings. The van der Waals surface area contributed by atoms with Crippen molar-refractivity contribution in [1.82, 2.24) is 24.6 Å². The molecule has 0 unspecified atom stereocenters. The van der Waals surface area contributed by atoms with Crippen LogP contribution < -0.4 is 15.0 Å². The second-order valence-corrected chi connectivity index (χ2v) is 8.31. The Labute approximate surface area is 196 Å². The summed E-state index contributed by atoms with van der Waals surface area (Å²) in [5.74, 6) is 1.48. The molecule has 2 N–H and O–H groups in total. The summed E-state index contributed by atoms with van der Waals surface area (Å²) in [6, 6.07) is 12.3. The molecule has 0 saturated carbocycles. The summed E-state index contributed by atoms with van der Waals surface area (Å²) in [4.78, 5) is 11.7. The van der Waals surface area contributed by atoms with E-state index in [4.69, 9.17) is 14.5 Å². The van der Waals surface area contributed by atoms with Crippen molar-refractivity contribution in [3.63, 3.8) is 0 Å². The highest BCUT2D eigenvalue weighted by Crippen LogP contribution is 2.34. The number of methoxy groups -OCH3 is 1. The minimum atomic E-state index is 0.671. The first-order valence-electron chi connectivity index (χ1n) is 11.3. The number of H-pyrrole nitrogens is 1. The van der Waals surface area contributed by atoms with Crippen molar-refractivity contribution in [2.75, 3.05) is 43.6 Å². The second-order valence-electron chi connectivity index (χ2n) is 8.31. The standard InChI is InChI=1S/C25H25N7O2/c1-16-19-5-3-17(13-20(19)30-29-16)21-15-32-8-7-26-25(32)24(28-21)27-18-4-6-22(23(14-18)33-2)31-9-11-34-12-10-31/h3-8,13-15H,9-12H2,1-2H3,(H,27,28)(H,29,30). The summed E-state index contributed by atoms with van der Waals surface area (Å²) in [5.41, 5.74) is 6.49. The molecule has 4 heterocycles. The van der Waals surface area contributed by atoms with Crippen LogP contribution in [-0.4, -0.2) is 58.0 Å². The third-order valence-corrected chi connectivity index (χ3v) is 6.22. The molecule has 0 bridgehead atoms. The van der Waals surface area contributed by atoms with Gasteiger partial charge in [-0.05, 0) is 25.1 Å². The number of hydrogen-bond donors (Lipinski definition) is 2. The predicted octanol–water partition coefficient (Wildman–Crippen LogP) is 4.17. The van der Waals surface area contributed by atoms with Gasteiger partial charge >= 0.3 is 0 Å². The number of hydrogen-bond acceptors (Lipinski definition) is 7. The van der Waals surface area contributed by atoms with Crippen LogP contribution in [0.5, 0.6) is 5.75 Å². The quantitative estimate of drug-likeness (QED) is 0.411. The number of anilines is 3. The molecule has 5 aromatic rings. The van der Waals surface area contributed by atoms with Crippen LogP contribution in [0.3, 0.4) is 0 Å². The fourth-order valence-electron chi connectivity index (χ4n) is 4.43. The third kappa shape index (κ3) is 3.60. The lowest BCUT2D eigenvalue weighted by Gasteiger charge is -2.30. The van der Waals surface area contributed by atoms with Gasteiger partial charge in [0, 0.05) is 54.4 Å². The first kappa shape index (κ1) is 20.5. The van der Waals surface area contributed by atoms with Crippen LogP contribution in [-0.2, 0) is 4.74 Å². The van der Waals surface area contributed by atoms with E-state index in [9.17, 15) is 0 Å². The molecular weight excluding hydrogens is 430 g/mol. The van der Waals surface area contributed by atoms with E-state index in [0.717, 1.165) is 76.9 Å². The van der Waals surface area contributed by atoms with Gasteiger partial charge in [0.1, 0.15) is 5.75 Å². The molecule has 2 aromatic carbocycles. The van der Waals surface area contributed by atoms with Crippen molar-refractivity contribution in [2.24, 2.45) is 0 Å². The normalized spacial score (nSPS) is 14.1. The first-order valence-corrected chi connectivity index (χ1v) is 11.3. The van der Waals surface area contributed by atoms with Gasteiger partial charge in [-0.15, -0.1) is 0 Å². The molecule has 9 nitrogen and oxygen atoms in total. The van der Waals surface area contributed by atoms with Gasteiger partial charge in [0.2, 0.25) is 0 Å². The number of imidazole rings is 1. The summed E-state index contributed by atoms with van der Waals surface area (Å²) in [6.07, 6.45) is 5.68. The van der Waals surface area contributed by atoms with E-state index in [1.54, 1.807) is 13.3 Å². The average molecular weight is 456 g/mol. The molecule has 172 valence electrons. The third-order valence-electron chi connectivity index (χ3n) is 6.22. The number of nitrogens with zero attached hydrogens (tertiary/aromatic N) is 5. The molecular formula is C25H25N7O2. The Kier molecular flexibility index (Phi) is 5.03. The Balaban J connectivity index is 1.37. The van der Waals surface area contributed by atoms with Gasteiger partial charge in [0.15, 0.2) is 11.5 Å². The molecule has 9 heteroatoms. The highest BCUT2D eigenvalue weighted by Gasteiger charge is 2.17. The summed E-state index contributed by atoms with van der Waals surface area (Å²) >= 11 is 0. The van der Waals surface area contributed by atoms with Crippen molar-refractivity contribution in [3.8, 4) is 17.0 Å². The molecule has 0 spiro atoms. The van der Waals surface area contributed by atoms with Gasteiger partial charge < -0.3 is 24.1 Å². The van der Waals surface area contributed by atoms with Crippen LogP contribution in [0.1, 0.15) is 5.69 Å². The highest BCUT2D eigenvalue weighted by molar-refractivity contribution is 5.86. The number of ether oxygens (including phenoxy) is 2. The van der Waals surface area contributed by atoms with Crippen LogP contribution in [0, 0.1) is 6.92 Å². The number of aromatic nitrogens is 5. The lowest BCUT2D eigenvalue weighted by molar-refractivity contribution is 0.122. The minimum absolute atomic E-state index is 0.671. The maximum Gasteiger partial charge on any atom is 0.180 e. The summed E-state index contributed by atoms with van der Waals surface area (Å²) in [6.45, 7) is 5.14. The van der Waals surface area contributed by atoms with E-state index in [1.165, 1.54) is 0 Å². The van der Waals surface area contributed by atoms with Crippen molar-refractivity contribution < 1.29 is 9.47 Å². The van der Waals surface area contributed by atoms with Gasteiger partial charge in [-0.1, -0.05) is 12.1 Å². The van der Waals surface area contributed by atoms with E-state index in [1.807, 2.05) is 35.9 Å². The largest absolute Gasteiger partial charge is 0.495 e. The number of benzene rings is 2. The van der Waals surface area contributed by atoms with Crippen LogP contribution in [0.2, 0.25) is 0 Å².